The van der Waals surface area contributed by atoms with Crippen molar-refractivity contribution in [3.63, 3.8) is 0 Å². The topological polar surface area (TPSA) is 31.1 Å². The smallest absolute Gasteiger partial charge is 0.0457 e. The average molecular weight is 241 g/mol. The van der Waals surface area contributed by atoms with Crippen LogP contribution in [0.3, 0.4) is 0 Å². The number of hydrogen-bond donors (Lipinski definition) is 2. The van der Waals surface area contributed by atoms with E-state index in [2.05, 4.69) is 45.7 Å². The molecule has 18 heavy (non-hydrogen) atoms. The van der Waals surface area contributed by atoms with Crippen molar-refractivity contribution in [3.05, 3.63) is 36.0 Å². The largest absolute Gasteiger partial charge is 0.361 e. The highest BCUT2D eigenvalue weighted by Crippen LogP contribution is 2.28. The first-order valence-electron chi connectivity index (χ1n) is 6.88. The molecule has 2 aliphatic heterocycles. The summed E-state index contributed by atoms with van der Waals surface area (Å²) in [6, 6.07) is 8.60. The van der Waals surface area contributed by atoms with Gasteiger partial charge in [0, 0.05) is 36.7 Å². The Kier molecular flexibility index (Phi) is 2.42. The minimum Gasteiger partial charge on any atom is -0.361 e. The lowest BCUT2D eigenvalue weighted by Crippen LogP contribution is -2.25. The molecule has 2 saturated heterocycles. The maximum atomic E-state index is 3.50. The number of nitrogens with one attached hydrogen (secondary N) is 2. The second-order valence-electron chi connectivity index (χ2n) is 5.73. The second kappa shape index (κ2) is 4.11. The van der Waals surface area contributed by atoms with Gasteiger partial charge in [0.1, 0.15) is 0 Å². The summed E-state index contributed by atoms with van der Waals surface area (Å²) in [4.78, 5) is 5.99. The quantitative estimate of drug-likeness (QED) is 0.840. The molecule has 3 heteroatoms. The maximum absolute atomic E-state index is 3.50. The predicted octanol–water partition coefficient (Wildman–Crippen LogP) is 1.82. The van der Waals surface area contributed by atoms with Crippen LogP contribution in [0.1, 0.15) is 5.56 Å². The number of aromatic nitrogens is 1. The number of aromatic amines is 1. The number of rotatable bonds is 2. The third-order valence-electron chi connectivity index (χ3n) is 4.53. The maximum Gasteiger partial charge on any atom is 0.0457 e. The summed E-state index contributed by atoms with van der Waals surface area (Å²) in [6.07, 6.45) is 2.18. The fourth-order valence-corrected chi connectivity index (χ4v) is 3.58. The first-order valence-corrected chi connectivity index (χ1v) is 6.88. The Balaban J connectivity index is 1.55. The van der Waals surface area contributed by atoms with Crippen molar-refractivity contribution in [3.8, 4) is 0 Å². The van der Waals surface area contributed by atoms with Crippen molar-refractivity contribution in [1.82, 2.24) is 15.2 Å². The van der Waals surface area contributed by atoms with Gasteiger partial charge in [-0.15, -0.1) is 0 Å². The molecule has 0 amide bonds. The van der Waals surface area contributed by atoms with Crippen LogP contribution < -0.4 is 5.32 Å². The number of para-hydroxylation sites is 1. The van der Waals surface area contributed by atoms with E-state index in [9.17, 15) is 0 Å². The molecule has 0 spiro atoms. The Bertz CT molecular complexity index is 548. The minimum absolute atomic E-state index is 0.884. The van der Waals surface area contributed by atoms with Crippen LogP contribution in [0.15, 0.2) is 30.5 Å². The molecular weight excluding hydrogens is 222 g/mol. The number of likely N-dealkylation sites (tertiary alicyclic amines) is 1. The molecule has 1 aromatic carbocycles. The van der Waals surface area contributed by atoms with Gasteiger partial charge in [0.25, 0.3) is 0 Å². The van der Waals surface area contributed by atoms with E-state index in [1.165, 1.54) is 42.6 Å². The Morgan fingerprint density at radius 1 is 1.11 bits per heavy atom. The summed E-state index contributed by atoms with van der Waals surface area (Å²) in [5.74, 6) is 1.77. The molecule has 2 aromatic rings. The Labute approximate surface area is 107 Å². The normalized spacial score (nSPS) is 28.0. The van der Waals surface area contributed by atoms with Crippen molar-refractivity contribution in [2.45, 2.75) is 6.54 Å². The number of hydrogen-bond acceptors (Lipinski definition) is 2. The number of benzene rings is 1. The summed E-state index contributed by atoms with van der Waals surface area (Å²) in [6.45, 7) is 6.05. The van der Waals surface area contributed by atoms with Crippen LogP contribution in [0, 0.1) is 11.8 Å². The SMILES string of the molecule is c1ccc2c(CN3C[C@H]4CNC[C@H]4C3)c[nH]c2c1. The summed E-state index contributed by atoms with van der Waals surface area (Å²) in [5, 5.41) is 4.88. The zero-order valence-corrected chi connectivity index (χ0v) is 10.5. The number of fused-ring (bicyclic) bond motifs is 2. The van der Waals surface area contributed by atoms with Crippen molar-refractivity contribution in [2.24, 2.45) is 11.8 Å². The molecule has 2 fully saturated rings. The molecule has 2 atom stereocenters. The lowest BCUT2D eigenvalue weighted by atomic mass is 10.0. The van der Waals surface area contributed by atoms with E-state index in [0.717, 1.165) is 18.4 Å². The van der Waals surface area contributed by atoms with Crippen molar-refractivity contribution >= 4 is 10.9 Å². The van der Waals surface area contributed by atoms with Gasteiger partial charge in [-0.05, 0) is 36.6 Å². The lowest BCUT2D eigenvalue weighted by molar-refractivity contribution is 0.307. The first-order chi connectivity index (χ1) is 8.90. The third kappa shape index (κ3) is 1.66. The van der Waals surface area contributed by atoms with E-state index in [4.69, 9.17) is 0 Å². The van der Waals surface area contributed by atoms with Crippen LogP contribution in [-0.4, -0.2) is 36.1 Å². The molecule has 94 valence electrons. The van der Waals surface area contributed by atoms with Gasteiger partial charge in [-0.3, -0.25) is 4.90 Å². The number of nitrogens with zero attached hydrogens (tertiary/aromatic N) is 1. The molecule has 1 aromatic heterocycles. The zero-order valence-electron chi connectivity index (χ0n) is 10.5. The van der Waals surface area contributed by atoms with Crippen LogP contribution in [0.4, 0.5) is 0 Å². The van der Waals surface area contributed by atoms with Gasteiger partial charge < -0.3 is 10.3 Å². The molecule has 4 rings (SSSR count). The lowest BCUT2D eigenvalue weighted by Gasteiger charge is -2.16. The molecular formula is C15H19N3. The average Bonchev–Trinajstić information content (AvgIpc) is 3.04. The fraction of sp³-hybridized carbons (Fsp3) is 0.467. The van der Waals surface area contributed by atoms with Crippen LogP contribution in [0.5, 0.6) is 0 Å². The highest BCUT2D eigenvalue weighted by atomic mass is 15.2. The summed E-state index contributed by atoms with van der Waals surface area (Å²) in [5.41, 5.74) is 2.70. The van der Waals surface area contributed by atoms with E-state index in [1.54, 1.807) is 0 Å². The minimum atomic E-state index is 0.884. The van der Waals surface area contributed by atoms with Gasteiger partial charge in [0.05, 0.1) is 0 Å². The molecule has 0 aliphatic carbocycles. The summed E-state index contributed by atoms with van der Waals surface area (Å²) in [7, 11) is 0. The second-order valence-corrected chi connectivity index (χ2v) is 5.73. The predicted molar refractivity (Wildman–Crippen MR) is 73.4 cm³/mol. The first kappa shape index (κ1) is 10.6. The van der Waals surface area contributed by atoms with Gasteiger partial charge in [0.2, 0.25) is 0 Å². The monoisotopic (exact) mass is 241 g/mol. The van der Waals surface area contributed by atoms with Gasteiger partial charge in [-0.1, -0.05) is 18.2 Å². The molecule has 0 saturated carbocycles. The molecule has 3 nitrogen and oxygen atoms in total. The van der Waals surface area contributed by atoms with E-state index in [-0.39, 0.29) is 0 Å². The molecule has 2 N–H and O–H groups in total. The molecule has 2 aliphatic rings. The molecule has 0 bridgehead atoms. The Morgan fingerprint density at radius 2 is 1.89 bits per heavy atom. The number of H-pyrrole nitrogens is 1. The van der Waals surface area contributed by atoms with Crippen LogP contribution in [0.25, 0.3) is 10.9 Å². The van der Waals surface area contributed by atoms with Gasteiger partial charge >= 0.3 is 0 Å². The van der Waals surface area contributed by atoms with Crippen LogP contribution >= 0.6 is 0 Å². The zero-order chi connectivity index (χ0) is 11.9. The molecule has 3 heterocycles. The third-order valence-corrected chi connectivity index (χ3v) is 4.53. The van der Waals surface area contributed by atoms with E-state index in [1.807, 2.05) is 0 Å². The van der Waals surface area contributed by atoms with E-state index < -0.39 is 0 Å². The molecule has 0 radical (unpaired) electrons. The van der Waals surface area contributed by atoms with Gasteiger partial charge in [-0.25, -0.2) is 0 Å². The van der Waals surface area contributed by atoms with Gasteiger partial charge in [0.15, 0.2) is 0 Å². The van der Waals surface area contributed by atoms with Crippen LogP contribution in [0.2, 0.25) is 0 Å². The van der Waals surface area contributed by atoms with Crippen molar-refractivity contribution in [2.75, 3.05) is 26.2 Å². The van der Waals surface area contributed by atoms with E-state index in [0.29, 0.717) is 0 Å². The molecule has 0 unspecified atom stereocenters. The highest BCUT2D eigenvalue weighted by Gasteiger charge is 2.35. The van der Waals surface area contributed by atoms with E-state index >= 15 is 0 Å². The Hall–Kier alpha value is -1.32. The summed E-state index contributed by atoms with van der Waals surface area (Å²) < 4.78 is 0. The standard InChI is InChI=1S/C15H19N3/c1-2-4-15-14(3-1)13(7-17-15)10-18-8-11-5-16-6-12(11)9-18/h1-4,7,11-12,16-17H,5-6,8-10H2/t11-,12+. The van der Waals surface area contributed by atoms with Crippen molar-refractivity contribution in [1.29, 1.82) is 0 Å². The Morgan fingerprint density at radius 3 is 2.72 bits per heavy atom. The highest BCUT2D eigenvalue weighted by molar-refractivity contribution is 5.82. The van der Waals surface area contributed by atoms with Crippen molar-refractivity contribution < 1.29 is 0 Å². The van der Waals surface area contributed by atoms with Crippen LogP contribution in [-0.2, 0) is 6.54 Å². The summed E-state index contributed by atoms with van der Waals surface area (Å²) >= 11 is 0. The van der Waals surface area contributed by atoms with Gasteiger partial charge in [-0.2, -0.15) is 0 Å². The fourth-order valence-electron chi connectivity index (χ4n) is 3.58.